The maximum atomic E-state index is 6.17. The number of thiophene rings is 1. The minimum absolute atomic E-state index is 0.650. The van der Waals surface area contributed by atoms with E-state index >= 15 is 0 Å². The lowest BCUT2D eigenvalue weighted by molar-refractivity contribution is 1.83. The number of fused-ring (bicyclic) bond motifs is 3. The lowest BCUT2D eigenvalue weighted by Crippen LogP contribution is -1.69. The van der Waals surface area contributed by atoms with E-state index in [0.717, 1.165) is 20.5 Å². The van der Waals surface area contributed by atoms with Crippen LogP contribution >= 0.6 is 46.1 Å². The summed E-state index contributed by atoms with van der Waals surface area (Å²) in [5.41, 5.74) is 0. The summed E-state index contributed by atoms with van der Waals surface area (Å²) in [6, 6.07) is 9.53. The van der Waals surface area contributed by atoms with E-state index in [0.29, 0.717) is 10.0 Å². The summed E-state index contributed by atoms with van der Waals surface area (Å²) in [5.74, 6) is 0. The van der Waals surface area contributed by atoms with Gasteiger partial charge in [0.25, 0.3) is 0 Å². The SMILES string of the molecule is Clc1ccc2sc3c(Cl)cc(Cl)cc3c2c1. The summed E-state index contributed by atoms with van der Waals surface area (Å²) in [4.78, 5) is 0. The molecule has 4 heteroatoms. The molecule has 2 aromatic carbocycles. The third-order valence-corrected chi connectivity index (χ3v) is 4.54. The van der Waals surface area contributed by atoms with Gasteiger partial charge in [-0.05, 0) is 30.3 Å². The second-order valence-corrected chi connectivity index (χ2v) is 5.84. The Bertz CT molecular complexity index is 700. The van der Waals surface area contributed by atoms with Gasteiger partial charge in [0.2, 0.25) is 0 Å². The van der Waals surface area contributed by atoms with E-state index in [1.807, 2.05) is 24.3 Å². The summed E-state index contributed by atoms with van der Waals surface area (Å²) in [7, 11) is 0. The molecule has 0 unspecified atom stereocenters. The van der Waals surface area contributed by atoms with Gasteiger partial charge in [-0.15, -0.1) is 11.3 Å². The van der Waals surface area contributed by atoms with Crippen molar-refractivity contribution in [3.05, 3.63) is 45.4 Å². The molecule has 0 bridgehead atoms. The highest BCUT2D eigenvalue weighted by Gasteiger charge is 2.09. The lowest BCUT2D eigenvalue weighted by Gasteiger charge is -1.96. The fourth-order valence-electron chi connectivity index (χ4n) is 1.78. The summed E-state index contributed by atoms with van der Waals surface area (Å²) >= 11 is 19.8. The molecule has 0 atom stereocenters. The molecular formula is C12H5Cl3S. The molecule has 0 amide bonds. The molecule has 3 rings (SSSR count). The molecule has 0 aliphatic carbocycles. The van der Waals surface area contributed by atoms with E-state index in [4.69, 9.17) is 34.8 Å². The van der Waals surface area contributed by atoms with E-state index in [2.05, 4.69) is 0 Å². The van der Waals surface area contributed by atoms with Crippen LogP contribution < -0.4 is 0 Å². The van der Waals surface area contributed by atoms with Crippen LogP contribution in [0.2, 0.25) is 15.1 Å². The van der Waals surface area contributed by atoms with E-state index in [1.54, 1.807) is 17.4 Å². The van der Waals surface area contributed by atoms with Gasteiger partial charge in [0.1, 0.15) is 0 Å². The van der Waals surface area contributed by atoms with Gasteiger partial charge in [-0.1, -0.05) is 34.8 Å². The Hall–Kier alpha value is -0.470. The molecule has 0 nitrogen and oxygen atoms in total. The highest BCUT2D eigenvalue weighted by atomic mass is 35.5. The molecule has 0 fully saturated rings. The van der Waals surface area contributed by atoms with Gasteiger partial charge in [-0.25, -0.2) is 0 Å². The molecule has 0 saturated heterocycles. The van der Waals surface area contributed by atoms with Crippen molar-refractivity contribution in [1.29, 1.82) is 0 Å². The summed E-state index contributed by atoms with van der Waals surface area (Å²) < 4.78 is 2.23. The number of hydrogen-bond acceptors (Lipinski definition) is 1. The average Bonchev–Trinajstić information content (AvgIpc) is 2.57. The van der Waals surface area contributed by atoms with Crippen LogP contribution in [-0.2, 0) is 0 Å². The van der Waals surface area contributed by atoms with Crippen LogP contribution in [0.15, 0.2) is 30.3 Å². The molecule has 0 aliphatic heterocycles. The van der Waals surface area contributed by atoms with Gasteiger partial charge in [-0.2, -0.15) is 0 Å². The Kier molecular flexibility index (Phi) is 2.52. The van der Waals surface area contributed by atoms with Crippen LogP contribution in [0.1, 0.15) is 0 Å². The largest absolute Gasteiger partial charge is 0.134 e. The molecule has 0 aliphatic rings. The highest BCUT2D eigenvalue weighted by molar-refractivity contribution is 7.26. The molecule has 1 heterocycles. The summed E-state index contributed by atoms with van der Waals surface area (Å²) in [6.07, 6.45) is 0. The van der Waals surface area contributed by atoms with Crippen LogP contribution in [0.4, 0.5) is 0 Å². The maximum Gasteiger partial charge on any atom is 0.0599 e. The summed E-state index contributed by atoms with van der Waals surface area (Å²) in [6.45, 7) is 0. The molecule has 0 saturated carbocycles. The van der Waals surface area contributed by atoms with Gasteiger partial charge in [0.05, 0.1) is 9.72 Å². The zero-order chi connectivity index (χ0) is 11.3. The van der Waals surface area contributed by atoms with Crippen molar-refractivity contribution < 1.29 is 0 Å². The third-order valence-electron chi connectivity index (χ3n) is 2.45. The molecule has 3 aromatic rings. The highest BCUT2D eigenvalue weighted by Crippen LogP contribution is 2.40. The van der Waals surface area contributed by atoms with Gasteiger partial charge in [0.15, 0.2) is 0 Å². The van der Waals surface area contributed by atoms with Crippen molar-refractivity contribution in [3.63, 3.8) is 0 Å². The molecule has 0 spiro atoms. The van der Waals surface area contributed by atoms with Crippen molar-refractivity contribution in [2.75, 3.05) is 0 Å². The number of benzene rings is 2. The molecule has 1 aromatic heterocycles. The van der Waals surface area contributed by atoms with Gasteiger partial charge in [-0.3, -0.25) is 0 Å². The monoisotopic (exact) mass is 286 g/mol. The van der Waals surface area contributed by atoms with Crippen LogP contribution in [0.25, 0.3) is 20.2 Å². The number of hydrogen-bond donors (Lipinski definition) is 0. The van der Waals surface area contributed by atoms with Crippen molar-refractivity contribution >= 4 is 66.3 Å². The van der Waals surface area contributed by atoms with Gasteiger partial charge < -0.3 is 0 Å². The second kappa shape index (κ2) is 3.78. The molecule has 0 N–H and O–H groups in total. The zero-order valence-electron chi connectivity index (χ0n) is 7.93. The second-order valence-electron chi connectivity index (χ2n) is 3.51. The van der Waals surface area contributed by atoms with Crippen molar-refractivity contribution in [2.24, 2.45) is 0 Å². The van der Waals surface area contributed by atoms with E-state index < -0.39 is 0 Å². The van der Waals surface area contributed by atoms with Crippen molar-refractivity contribution in [1.82, 2.24) is 0 Å². The maximum absolute atomic E-state index is 6.17. The number of rotatable bonds is 0. The lowest BCUT2D eigenvalue weighted by atomic mass is 10.1. The number of halogens is 3. The first-order chi connectivity index (χ1) is 7.65. The van der Waals surface area contributed by atoms with E-state index in [-0.39, 0.29) is 0 Å². The fraction of sp³-hybridized carbons (Fsp3) is 0. The Morgan fingerprint density at radius 3 is 2.38 bits per heavy atom. The Labute approximate surface area is 111 Å². The van der Waals surface area contributed by atoms with Crippen LogP contribution in [0.5, 0.6) is 0 Å². The van der Waals surface area contributed by atoms with Gasteiger partial charge >= 0.3 is 0 Å². The predicted molar refractivity (Wildman–Crippen MR) is 74.4 cm³/mol. The molecular weight excluding hydrogens is 283 g/mol. The minimum atomic E-state index is 0.650. The first-order valence-corrected chi connectivity index (χ1v) is 6.57. The quantitative estimate of drug-likeness (QED) is 0.474. The standard InChI is InChI=1S/C12H5Cl3S/c13-6-1-2-11-8(3-6)9-4-7(14)5-10(15)12(9)16-11/h1-5H. The topological polar surface area (TPSA) is 0 Å². The zero-order valence-corrected chi connectivity index (χ0v) is 11.0. The first kappa shape index (κ1) is 10.7. The Morgan fingerprint density at radius 2 is 1.56 bits per heavy atom. The predicted octanol–water partition coefficient (Wildman–Crippen LogP) is 6.01. The average molecular weight is 288 g/mol. The third kappa shape index (κ3) is 1.59. The molecule has 16 heavy (non-hydrogen) atoms. The summed E-state index contributed by atoms with van der Waals surface area (Å²) in [5, 5.41) is 4.25. The van der Waals surface area contributed by atoms with Crippen LogP contribution in [-0.4, -0.2) is 0 Å². The normalized spacial score (nSPS) is 11.4. The smallest absolute Gasteiger partial charge is 0.0599 e. The minimum Gasteiger partial charge on any atom is -0.134 e. The molecule has 0 radical (unpaired) electrons. The van der Waals surface area contributed by atoms with Crippen molar-refractivity contribution in [2.45, 2.75) is 0 Å². The Morgan fingerprint density at radius 1 is 0.812 bits per heavy atom. The fourth-order valence-corrected chi connectivity index (χ4v) is 3.63. The molecule has 80 valence electrons. The van der Waals surface area contributed by atoms with Crippen molar-refractivity contribution in [3.8, 4) is 0 Å². The van der Waals surface area contributed by atoms with E-state index in [1.165, 1.54) is 4.70 Å². The Balaban J connectivity index is 2.57. The van der Waals surface area contributed by atoms with Crippen LogP contribution in [0.3, 0.4) is 0 Å². The van der Waals surface area contributed by atoms with E-state index in [9.17, 15) is 0 Å². The first-order valence-electron chi connectivity index (χ1n) is 4.62. The van der Waals surface area contributed by atoms with Crippen LogP contribution in [0, 0.1) is 0 Å². The van der Waals surface area contributed by atoms with Gasteiger partial charge in [0, 0.05) is 25.5 Å².